The van der Waals surface area contributed by atoms with Gasteiger partial charge in [0.25, 0.3) is 11.8 Å². The van der Waals surface area contributed by atoms with E-state index in [-0.39, 0.29) is 60.7 Å². The fourth-order valence-electron chi connectivity index (χ4n) is 9.40. The van der Waals surface area contributed by atoms with E-state index in [4.69, 9.17) is 18.9 Å². The average Bonchev–Trinajstić information content (AvgIpc) is 4.30. The van der Waals surface area contributed by atoms with Crippen LogP contribution in [0.3, 0.4) is 0 Å². The van der Waals surface area contributed by atoms with Crippen molar-refractivity contribution in [3.63, 3.8) is 0 Å². The summed E-state index contributed by atoms with van der Waals surface area (Å²) in [6.07, 6.45) is 3.74. The number of halogens is 1. The molecule has 4 fully saturated rings. The summed E-state index contributed by atoms with van der Waals surface area (Å²) in [7, 11) is 5.19. The Kier molecular flexibility index (Phi) is 17.7. The number of carbonyl (C=O) groups is 8. The Labute approximate surface area is 435 Å². The molecule has 4 aliphatic heterocycles. The van der Waals surface area contributed by atoms with Crippen LogP contribution in [0, 0.1) is 0 Å². The quantitative estimate of drug-likeness (QED) is 0.154. The highest BCUT2D eigenvalue weighted by Crippen LogP contribution is 2.58. The summed E-state index contributed by atoms with van der Waals surface area (Å²) in [4.78, 5) is 105. The highest BCUT2D eigenvalue weighted by molar-refractivity contribution is 9.10. The number of benzene rings is 2. The number of nitrogens with one attached hydrogen (secondary N) is 1. The van der Waals surface area contributed by atoms with E-state index >= 15 is 0 Å². The van der Waals surface area contributed by atoms with Crippen LogP contribution in [0.15, 0.2) is 36.4 Å². The molecule has 2 atom stereocenters. The third-order valence-corrected chi connectivity index (χ3v) is 14.4. The van der Waals surface area contributed by atoms with Gasteiger partial charge in [-0.1, -0.05) is 15.9 Å². The maximum atomic E-state index is 13.5. The van der Waals surface area contributed by atoms with Crippen molar-refractivity contribution in [2.24, 2.45) is 0 Å². The fraction of sp³-hybridized carbons (Fsp3) is 0.615. The molecule has 2 aromatic carbocycles. The van der Waals surface area contributed by atoms with E-state index in [1.54, 1.807) is 14.7 Å². The third-order valence-electron chi connectivity index (χ3n) is 13.5. The van der Waals surface area contributed by atoms with Gasteiger partial charge >= 0.3 is 36.1 Å². The number of anilines is 2. The summed E-state index contributed by atoms with van der Waals surface area (Å²) < 4.78 is 29.5. The molecule has 0 radical (unpaired) electrons. The first-order valence-electron chi connectivity index (χ1n) is 24.7. The maximum absolute atomic E-state index is 13.5. The Hall–Kier alpha value is -6.12. The van der Waals surface area contributed by atoms with Crippen LogP contribution in [-0.2, 0) is 58.7 Å². The maximum Gasteiger partial charge on any atom is 0.410 e. The highest BCUT2D eigenvalue weighted by Gasteiger charge is 2.61. The Bertz CT molecular complexity index is 2410. The van der Waals surface area contributed by atoms with Gasteiger partial charge < -0.3 is 58.2 Å². The Morgan fingerprint density at radius 1 is 0.603 bits per heavy atom. The van der Waals surface area contributed by atoms with Gasteiger partial charge in [-0.3, -0.25) is 24.0 Å². The molecular weight excluding hydrogens is 1010 g/mol. The lowest BCUT2D eigenvalue weighted by molar-refractivity contribution is -0.148. The fourth-order valence-corrected chi connectivity index (χ4v) is 9.82. The average molecular weight is 1080 g/mol. The summed E-state index contributed by atoms with van der Waals surface area (Å²) in [6.45, 7) is 16.4. The van der Waals surface area contributed by atoms with E-state index in [2.05, 4.69) is 46.6 Å². The summed E-state index contributed by atoms with van der Waals surface area (Å²) in [5.74, 6) is -1.85. The molecule has 73 heavy (non-hydrogen) atoms. The van der Waals surface area contributed by atoms with Gasteiger partial charge in [0.1, 0.15) is 22.1 Å². The minimum atomic E-state index is -0.864. The summed E-state index contributed by atoms with van der Waals surface area (Å²) >= 11 is 3.08. The van der Waals surface area contributed by atoms with E-state index in [1.807, 2.05) is 71.9 Å². The molecule has 1 N–H and O–H groups in total. The lowest BCUT2D eigenvalue weighted by Crippen LogP contribution is -2.50. The molecule has 20 nitrogen and oxygen atoms in total. The van der Waals surface area contributed by atoms with Crippen molar-refractivity contribution in [3.8, 4) is 0 Å². The first-order chi connectivity index (χ1) is 34.4. The molecule has 400 valence electrons. The largest absolute Gasteiger partial charge is 0.469 e. The SMILES string of the molecule is CC(C)(C)OC(=O)N1CCN(c2ccc3c(c2)C2(CC2)NC3=O)CC1.COC(=O)CCC(Br)C(=O)OC.COC(=O)CCC(C(=O)OC)N1C(=O)c2ccc(N3CCN(C(=O)OC(C)(C)C)CC3)cc2C12CC2. The zero-order valence-corrected chi connectivity index (χ0v) is 45.3. The van der Waals surface area contributed by atoms with E-state index in [9.17, 15) is 38.4 Å². The van der Waals surface area contributed by atoms with Gasteiger partial charge in [-0.15, -0.1) is 0 Å². The second-order valence-corrected chi connectivity index (χ2v) is 22.0. The van der Waals surface area contributed by atoms with Crippen molar-refractivity contribution in [3.05, 3.63) is 58.7 Å². The van der Waals surface area contributed by atoms with Gasteiger partial charge in [-0.25, -0.2) is 14.4 Å². The van der Waals surface area contributed by atoms with Crippen molar-refractivity contribution < 1.29 is 66.8 Å². The molecule has 0 aromatic heterocycles. The first kappa shape index (κ1) is 56.2. The third kappa shape index (κ3) is 13.5. The van der Waals surface area contributed by atoms with Gasteiger partial charge in [0.2, 0.25) is 0 Å². The predicted octanol–water partition coefficient (Wildman–Crippen LogP) is 6.04. The molecule has 2 aliphatic carbocycles. The van der Waals surface area contributed by atoms with Crippen LogP contribution in [0.2, 0.25) is 0 Å². The van der Waals surface area contributed by atoms with Crippen LogP contribution in [0.1, 0.15) is 125 Å². The van der Waals surface area contributed by atoms with E-state index in [0.29, 0.717) is 51.3 Å². The number of esters is 4. The number of fused-ring (bicyclic) bond motifs is 4. The number of hydrogen-bond acceptors (Lipinski definition) is 16. The summed E-state index contributed by atoms with van der Waals surface area (Å²) in [6, 6.07) is 11.0. The smallest absolute Gasteiger partial charge is 0.410 e. The topological polar surface area (TPSA) is 220 Å². The van der Waals surface area contributed by atoms with Gasteiger partial charge in [0, 0.05) is 87.7 Å². The second kappa shape index (κ2) is 23.0. The molecule has 21 heteroatoms. The van der Waals surface area contributed by atoms with Crippen molar-refractivity contribution in [1.29, 1.82) is 0 Å². The lowest BCUT2D eigenvalue weighted by Gasteiger charge is -2.37. The summed E-state index contributed by atoms with van der Waals surface area (Å²) in [5.41, 5.74) is 3.89. The van der Waals surface area contributed by atoms with Crippen molar-refractivity contribution in [1.82, 2.24) is 20.0 Å². The van der Waals surface area contributed by atoms with Crippen LogP contribution in [0.25, 0.3) is 0 Å². The first-order valence-corrected chi connectivity index (χ1v) is 25.7. The second-order valence-electron chi connectivity index (χ2n) is 20.9. The van der Waals surface area contributed by atoms with Crippen LogP contribution < -0.4 is 15.1 Å². The van der Waals surface area contributed by atoms with Crippen molar-refractivity contribution in [2.75, 3.05) is 90.6 Å². The van der Waals surface area contributed by atoms with Gasteiger partial charge in [-0.2, -0.15) is 0 Å². The summed E-state index contributed by atoms with van der Waals surface area (Å²) in [5, 5.41) is 3.12. The van der Waals surface area contributed by atoms with Crippen LogP contribution in [-0.4, -0.2) is 165 Å². The molecule has 8 rings (SSSR count). The number of nitrogens with zero attached hydrogens (tertiary/aromatic N) is 5. The Balaban J connectivity index is 0.000000203. The normalized spacial score (nSPS) is 18.6. The molecule has 0 bridgehead atoms. The van der Waals surface area contributed by atoms with Crippen molar-refractivity contribution >= 4 is 75.2 Å². The van der Waals surface area contributed by atoms with E-state index < -0.39 is 39.5 Å². The molecule has 2 saturated heterocycles. The van der Waals surface area contributed by atoms with Crippen molar-refractivity contribution in [2.45, 2.75) is 126 Å². The zero-order valence-electron chi connectivity index (χ0n) is 43.8. The standard InChI is InChI=1S/C26H35N3O7.C19H25N3O3.C7H11BrO4/c1-25(2,3)36-24(33)28-14-12-27(13-15-28)17-6-7-18-19(16-17)26(10-11-26)29(22(18)31)20(23(32)35-5)8-9-21(30)34-4;1-18(2,3)25-17(24)22-10-8-21(9-11-22)13-4-5-14-15(12-13)19(6-7-19)20-16(14)23;1-11-6(9)4-3-5(8)7(10)12-2/h6-7,16,20H,8-15H2,1-5H3;4-5,12H,6-11H2,1-3H3,(H,20,23);5H,3-4H2,1-2H3. The minimum absolute atomic E-state index is 0.0135. The van der Waals surface area contributed by atoms with Crippen LogP contribution in [0.5, 0.6) is 0 Å². The van der Waals surface area contributed by atoms with Crippen LogP contribution >= 0.6 is 15.9 Å². The van der Waals surface area contributed by atoms with E-state index in [1.165, 1.54) is 28.4 Å². The number of piperazine rings is 2. The van der Waals surface area contributed by atoms with E-state index in [0.717, 1.165) is 66.8 Å². The number of alkyl halides is 1. The monoisotopic (exact) mass is 1080 g/mol. The number of carbonyl (C=O) groups excluding carboxylic acids is 8. The number of methoxy groups -OCH3 is 4. The molecule has 4 amide bonds. The van der Waals surface area contributed by atoms with Gasteiger partial charge in [0.05, 0.1) is 39.5 Å². The van der Waals surface area contributed by atoms with Gasteiger partial charge in [0.15, 0.2) is 0 Å². The molecule has 4 heterocycles. The molecule has 2 saturated carbocycles. The molecular formula is C52H71BrN6O14. The molecule has 2 unspecified atom stereocenters. The number of ether oxygens (including phenoxy) is 6. The van der Waals surface area contributed by atoms with Crippen LogP contribution in [0.4, 0.5) is 21.0 Å². The highest BCUT2D eigenvalue weighted by atomic mass is 79.9. The van der Waals surface area contributed by atoms with Gasteiger partial charge in [-0.05, 0) is 128 Å². The molecule has 2 spiro atoms. The predicted molar refractivity (Wildman–Crippen MR) is 271 cm³/mol. The Morgan fingerprint density at radius 3 is 1.48 bits per heavy atom. The molecule has 6 aliphatic rings. The number of hydrogen-bond donors (Lipinski definition) is 1. The number of rotatable bonds is 11. The number of amides is 4. The Morgan fingerprint density at radius 2 is 1.05 bits per heavy atom. The zero-order chi connectivity index (χ0) is 53.6. The molecule has 2 aromatic rings. The lowest BCUT2D eigenvalue weighted by atomic mass is 10.00. The minimum Gasteiger partial charge on any atom is -0.469 e.